The van der Waals surface area contributed by atoms with Gasteiger partial charge < -0.3 is 20.4 Å². The summed E-state index contributed by atoms with van der Waals surface area (Å²) in [5, 5.41) is 15.1. The Balaban J connectivity index is 1.99. The summed E-state index contributed by atoms with van der Waals surface area (Å²) >= 11 is 0. The van der Waals surface area contributed by atoms with E-state index < -0.39 is 0 Å². The number of benzene rings is 2. The fourth-order valence-corrected chi connectivity index (χ4v) is 4.05. The van der Waals surface area contributed by atoms with Crippen LogP contribution < -0.4 is 10.6 Å². The van der Waals surface area contributed by atoms with Crippen LogP contribution in [0.5, 0.6) is 0 Å². The summed E-state index contributed by atoms with van der Waals surface area (Å²) < 4.78 is 0. The highest BCUT2D eigenvalue weighted by Crippen LogP contribution is 2.22. The zero-order valence-corrected chi connectivity index (χ0v) is 21.5. The largest absolute Gasteiger partial charge is 0.354 e. The Bertz CT molecular complexity index is 969. The van der Waals surface area contributed by atoms with Gasteiger partial charge in [-0.3, -0.25) is 4.79 Å². The van der Waals surface area contributed by atoms with Crippen molar-refractivity contribution >= 4 is 17.6 Å². The van der Waals surface area contributed by atoms with Gasteiger partial charge in [-0.25, -0.2) is 4.79 Å². The molecule has 2 aromatic carbocycles. The number of hydrogen-bond donors (Lipinski definition) is 2. The van der Waals surface area contributed by atoms with Crippen LogP contribution in [0.2, 0.25) is 0 Å². The molecule has 0 fully saturated rings. The minimum Gasteiger partial charge on any atom is -0.354 e. The average molecular weight is 478 g/mol. The van der Waals surface area contributed by atoms with Crippen LogP contribution in [-0.4, -0.2) is 54.0 Å². The molecule has 2 rings (SSSR count). The van der Waals surface area contributed by atoms with E-state index in [1.54, 1.807) is 29.2 Å². The van der Waals surface area contributed by atoms with Crippen molar-refractivity contribution in [3.8, 4) is 6.07 Å². The molecule has 0 bridgehead atoms. The number of rotatable bonds is 13. The Morgan fingerprint density at radius 2 is 1.71 bits per heavy atom. The molecule has 0 radical (unpaired) electrons. The minimum absolute atomic E-state index is 0.0649. The monoisotopic (exact) mass is 477 g/mol. The van der Waals surface area contributed by atoms with Crippen molar-refractivity contribution in [2.45, 2.75) is 59.0 Å². The molecule has 0 saturated carbocycles. The van der Waals surface area contributed by atoms with Gasteiger partial charge in [-0.1, -0.05) is 50.2 Å². The van der Waals surface area contributed by atoms with E-state index in [1.807, 2.05) is 44.2 Å². The molecule has 0 aliphatic rings. The molecular weight excluding hydrogens is 438 g/mol. The highest BCUT2D eigenvalue weighted by atomic mass is 16.2. The van der Waals surface area contributed by atoms with Crippen molar-refractivity contribution in [1.29, 1.82) is 5.26 Å². The standard InChI is InChI=1S/C28H39N5O2/c1-5-32(6-2)18-11-12-22(3)30-27(34)17-19-33(23(4)25-14-8-7-9-15-25)28(35)31-26-16-10-13-24(20-26)21-29/h7-10,13-16,20,22-23H,5-6,11-12,17-19H2,1-4H3,(H,30,34)(H,31,35). The molecule has 0 saturated heterocycles. The molecule has 188 valence electrons. The Morgan fingerprint density at radius 3 is 2.37 bits per heavy atom. The normalized spacial score (nSPS) is 12.5. The fraction of sp³-hybridized carbons (Fsp3) is 0.464. The van der Waals surface area contributed by atoms with Gasteiger partial charge in [-0.05, 0) is 70.1 Å². The molecule has 7 heteroatoms. The molecule has 7 nitrogen and oxygen atoms in total. The second-order valence-corrected chi connectivity index (χ2v) is 8.79. The number of nitriles is 1. The van der Waals surface area contributed by atoms with E-state index >= 15 is 0 Å². The summed E-state index contributed by atoms with van der Waals surface area (Å²) in [5.41, 5.74) is 2.00. The molecule has 0 aliphatic carbocycles. The highest BCUT2D eigenvalue weighted by Gasteiger charge is 2.23. The van der Waals surface area contributed by atoms with Gasteiger partial charge in [0, 0.05) is 24.7 Å². The van der Waals surface area contributed by atoms with E-state index in [4.69, 9.17) is 5.26 Å². The first kappa shape index (κ1) is 27.9. The summed E-state index contributed by atoms with van der Waals surface area (Å²) in [6, 6.07) is 18.2. The number of carbonyl (C=O) groups excluding carboxylic acids is 2. The van der Waals surface area contributed by atoms with Crippen LogP contribution in [0.3, 0.4) is 0 Å². The topological polar surface area (TPSA) is 88.5 Å². The number of amides is 3. The summed E-state index contributed by atoms with van der Waals surface area (Å²) in [6.45, 7) is 11.7. The van der Waals surface area contributed by atoms with Gasteiger partial charge in [-0.15, -0.1) is 0 Å². The van der Waals surface area contributed by atoms with Crippen molar-refractivity contribution in [2.24, 2.45) is 0 Å². The molecular formula is C28H39N5O2. The molecule has 2 atom stereocenters. The highest BCUT2D eigenvalue weighted by molar-refractivity contribution is 5.90. The van der Waals surface area contributed by atoms with Crippen LogP contribution >= 0.6 is 0 Å². The molecule has 0 spiro atoms. The first-order chi connectivity index (χ1) is 16.9. The number of nitrogens with zero attached hydrogens (tertiary/aromatic N) is 3. The van der Waals surface area contributed by atoms with Crippen LogP contribution in [0.25, 0.3) is 0 Å². The predicted molar refractivity (Wildman–Crippen MR) is 141 cm³/mol. The molecule has 2 N–H and O–H groups in total. The Hall–Kier alpha value is -3.37. The maximum absolute atomic E-state index is 13.2. The molecule has 0 heterocycles. The van der Waals surface area contributed by atoms with E-state index in [0.29, 0.717) is 11.3 Å². The lowest BCUT2D eigenvalue weighted by molar-refractivity contribution is -0.122. The quantitative estimate of drug-likeness (QED) is 0.417. The number of urea groups is 1. The first-order valence-corrected chi connectivity index (χ1v) is 12.5. The van der Waals surface area contributed by atoms with E-state index in [9.17, 15) is 9.59 Å². The van der Waals surface area contributed by atoms with Crippen molar-refractivity contribution in [1.82, 2.24) is 15.1 Å². The predicted octanol–water partition coefficient (Wildman–Crippen LogP) is 5.17. The Kier molecular flexibility index (Phi) is 11.8. The van der Waals surface area contributed by atoms with Crippen molar-refractivity contribution in [2.75, 3.05) is 31.5 Å². The van der Waals surface area contributed by atoms with Crippen molar-refractivity contribution in [3.63, 3.8) is 0 Å². The van der Waals surface area contributed by atoms with Crippen LogP contribution in [0.1, 0.15) is 64.1 Å². The number of hydrogen-bond acceptors (Lipinski definition) is 4. The smallest absolute Gasteiger partial charge is 0.322 e. The maximum Gasteiger partial charge on any atom is 0.322 e. The lowest BCUT2D eigenvalue weighted by atomic mass is 10.1. The van der Waals surface area contributed by atoms with Gasteiger partial charge in [0.15, 0.2) is 0 Å². The zero-order chi connectivity index (χ0) is 25.6. The lowest BCUT2D eigenvalue weighted by Crippen LogP contribution is -2.41. The molecule has 3 amide bonds. The maximum atomic E-state index is 13.2. The number of carbonyl (C=O) groups is 2. The first-order valence-electron chi connectivity index (χ1n) is 12.5. The molecule has 0 aliphatic heterocycles. The second kappa shape index (κ2) is 14.8. The average Bonchev–Trinajstić information content (AvgIpc) is 2.87. The minimum atomic E-state index is -0.309. The van der Waals surface area contributed by atoms with Gasteiger partial charge in [0.05, 0.1) is 17.7 Å². The van der Waals surface area contributed by atoms with Gasteiger partial charge in [0.25, 0.3) is 0 Å². The zero-order valence-electron chi connectivity index (χ0n) is 21.5. The van der Waals surface area contributed by atoms with Gasteiger partial charge in [0.1, 0.15) is 0 Å². The van der Waals surface area contributed by atoms with Gasteiger partial charge >= 0.3 is 6.03 Å². The second-order valence-electron chi connectivity index (χ2n) is 8.79. The Morgan fingerprint density at radius 1 is 1.00 bits per heavy atom. The van der Waals surface area contributed by atoms with E-state index in [2.05, 4.69) is 35.5 Å². The van der Waals surface area contributed by atoms with E-state index in [1.165, 1.54) is 0 Å². The molecule has 2 aromatic rings. The van der Waals surface area contributed by atoms with Crippen molar-refractivity contribution in [3.05, 3.63) is 65.7 Å². The fourth-order valence-electron chi connectivity index (χ4n) is 4.05. The number of nitrogens with one attached hydrogen (secondary N) is 2. The molecule has 2 unspecified atom stereocenters. The van der Waals surface area contributed by atoms with Crippen LogP contribution in [-0.2, 0) is 4.79 Å². The molecule has 35 heavy (non-hydrogen) atoms. The van der Waals surface area contributed by atoms with Crippen LogP contribution in [0, 0.1) is 11.3 Å². The van der Waals surface area contributed by atoms with Crippen LogP contribution in [0.4, 0.5) is 10.5 Å². The lowest BCUT2D eigenvalue weighted by Gasteiger charge is -2.30. The third kappa shape index (κ3) is 9.42. The van der Waals surface area contributed by atoms with E-state index in [-0.39, 0.29) is 37.0 Å². The third-order valence-electron chi connectivity index (χ3n) is 6.25. The summed E-state index contributed by atoms with van der Waals surface area (Å²) in [5.74, 6) is -0.0649. The van der Waals surface area contributed by atoms with E-state index in [0.717, 1.165) is 38.0 Å². The summed E-state index contributed by atoms with van der Waals surface area (Å²) in [4.78, 5) is 29.9. The third-order valence-corrected chi connectivity index (χ3v) is 6.25. The van der Waals surface area contributed by atoms with Gasteiger partial charge in [-0.2, -0.15) is 5.26 Å². The SMILES string of the molecule is CCN(CC)CCCC(C)NC(=O)CCN(C(=O)Nc1cccc(C#N)c1)C(C)c1ccccc1. The summed E-state index contributed by atoms with van der Waals surface area (Å²) in [7, 11) is 0. The number of anilines is 1. The van der Waals surface area contributed by atoms with Gasteiger partial charge in [0.2, 0.25) is 5.91 Å². The summed E-state index contributed by atoms with van der Waals surface area (Å²) in [6.07, 6.45) is 2.16. The Labute approximate surface area is 210 Å². The van der Waals surface area contributed by atoms with Crippen LogP contribution in [0.15, 0.2) is 54.6 Å². The molecule has 0 aromatic heterocycles. The van der Waals surface area contributed by atoms with Crippen molar-refractivity contribution < 1.29 is 9.59 Å².